The monoisotopic (exact) mass is 176 g/mol. The predicted molar refractivity (Wildman–Crippen MR) is 47.0 cm³/mol. The summed E-state index contributed by atoms with van der Waals surface area (Å²) in [6.07, 6.45) is 0. The van der Waals surface area contributed by atoms with Gasteiger partial charge >= 0.3 is 35.5 Å². The van der Waals surface area contributed by atoms with Crippen molar-refractivity contribution in [2.45, 2.75) is 6.92 Å². The fourth-order valence-electron chi connectivity index (χ4n) is 0.823. The van der Waals surface area contributed by atoms with Crippen molar-refractivity contribution in [3.8, 4) is 5.75 Å². The van der Waals surface area contributed by atoms with Crippen molar-refractivity contribution < 1.29 is 15.0 Å². The molecule has 0 spiro atoms. The number of aromatic carboxylic acids is 1. The Kier molecular flexibility index (Phi) is 4.31. The molecule has 0 amide bonds. The van der Waals surface area contributed by atoms with Crippen LogP contribution in [0.15, 0.2) is 18.2 Å². The van der Waals surface area contributed by atoms with Crippen molar-refractivity contribution in [3.05, 3.63) is 29.3 Å². The first-order valence-electron chi connectivity index (χ1n) is 3.14. The number of aromatic hydroxyl groups is 1. The summed E-state index contributed by atoms with van der Waals surface area (Å²) in [6.45, 7) is 1.78. The molecule has 3 nitrogen and oxygen atoms in total. The van der Waals surface area contributed by atoms with E-state index < -0.39 is 5.97 Å². The van der Waals surface area contributed by atoms with Gasteiger partial charge in [0.1, 0.15) is 11.3 Å². The van der Waals surface area contributed by atoms with Gasteiger partial charge in [0.25, 0.3) is 0 Å². The van der Waals surface area contributed by atoms with E-state index in [2.05, 4.69) is 0 Å². The van der Waals surface area contributed by atoms with Crippen LogP contribution >= 0.6 is 0 Å². The molecule has 0 fully saturated rings. The van der Waals surface area contributed by atoms with Crippen LogP contribution in [0.25, 0.3) is 0 Å². The summed E-state index contributed by atoms with van der Waals surface area (Å²) in [4.78, 5) is 10.4. The van der Waals surface area contributed by atoms with Crippen LogP contribution in [0.5, 0.6) is 5.75 Å². The summed E-state index contributed by atoms with van der Waals surface area (Å²) < 4.78 is 0. The molecule has 0 aromatic heterocycles. The van der Waals surface area contributed by atoms with E-state index in [4.69, 9.17) is 10.2 Å². The molecule has 0 aliphatic rings. The van der Waals surface area contributed by atoms with Gasteiger partial charge in [-0.3, -0.25) is 0 Å². The summed E-state index contributed by atoms with van der Waals surface area (Å²) in [7, 11) is 0. The van der Waals surface area contributed by atoms with Gasteiger partial charge in [0, 0.05) is 0 Å². The molecule has 1 aromatic rings. The second-order valence-electron chi connectivity index (χ2n) is 2.33. The van der Waals surface area contributed by atoms with Crippen LogP contribution in [0.1, 0.15) is 15.9 Å². The molecule has 0 aliphatic carbocycles. The first-order chi connectivity index (χ1) is 5.11. The zero-order valence-electron chi connectivity index (χ0n) is 6.03. The number of aryl methyl sites for hydroxylation is 1. The number of carboxylic acid groups (broad SMARTS) is 1. The van der Waals surface area contributed by atoms with E-state index >= 15 is 0 Å². The molecule has 12 heavy (non-hydrogen) atoms. The summed E-state index contributed by atoms with van der Waals surface area (Å²) in [6, 6.07) is 4.44. The zero-order chi connectivity index (χ0) is 8.43. The van der Waals surface area contributed by atoms with Crippen molar-refractivity contribution in [1.82, 2.24) is 0 Å². The van der Waals surface area contributed by atoms with Crippen LogP contribution in [-0.4, -0.2) is 45.7 Å². The molecule has 0 saturated heterocycles. The summed E-state index contributed by atoms with van der Waals surface area (Å²) in [5, 5.41) is 17.6. The standard InChI is InChI=1S/C8H8O3.Na.H/c1-5-2-3-6(8(10)11)7(9)4-5;;/h2-4,9H,1H3,(H,10,11);;. The number of hydrogen-bond donors (Lipinski definition) is 2. The maximum absolute atomic E-state index is 10.4. The Hall–Kier alpha value is -0.510. The normalized spacial score (nSPS) is 8.75. The first-order valence-corrected chi connectivity index (χ1v) is 3.14. The number of rotatable bonds is 1. The minimum absolute atomic E-state index is 0. The Bertz CT molecular complexity index is 296. The molecule has 4 heteroatoms. The van der Waals surface area contributed by atoms with E-state index in [0.717, 1.165) is 5.56 Å². The van der Waals surface area contributed by atoms with Gasteiger partial charge in [-0.1, -0.05) is 6.07 Å². The predicted octanol–water partition coefficient (Wildman–Crippen LogP) is 0.750. The summed E-state index contributed by atoms with van der Waals surface area (Å²) in [5.41, 5.74) is 0.781. The van der Waals surface area contributed by atoms with Crippen molar-refractivity contribution in [1.29, 1.82) is 0 Å². The number of carboxylic acids is 1. The topological polar surface area (TPSA) is 57.5 Å². The third-order valence-electron chi connectivity index (χ3n) is 1.38. The Morgan fingerprint density at radius 3 is 2.42 bits per heavy atom. The average molecular weight is 176 g/mol. The van der Waals surface area contributed by atoms with Crippen LogP contribution in [0.4, 0.5) is 0 Å². The van der Waals surface area contributed by atoms with E-state index in [9.17, 15) is 4.79 Å². The third kappa shape index (κ3) is 2.52. The molecular weight excluding hydrogens is 167 g/mol. The van der Waals surface area contributed by atoms with Crippen LogP contribution in [0, 0.1) is 6.92 Å². The summed E-state index contributed by atoms with van der Waals surface area (Å²) >= 11 is 0. The molecule has 0 heterocycles. The molecule has 0 aliphatic heterocycles. The molecule has 0 radical (unpaired) electrons. The van der Waals surface area contributed by atoms with Crippen LogP contribution in [0.2, 0.25) is 0 Å². The zero-order valence-corrected chi connectivity index (χ0v) is 6.03. The Morgan fingerprint density at radius 2 is 2.00 bits per heavy atom. The van der Waals surface area contributed by atoms with Crippen molar-refractivity contribution in [2.24, 2.45) is 0 Å². The van der Waals surface area contributed by atoms with E-state index in [1.54, 1.807) is 13.0 Å². The Balaban J connectivity index is 0.00000121. The quantitative estimate of drug-likeness (QED) is 0.621. The molecule has 0 atom stereocenters. The van der Waals surface area contributed by atoms with E-state index in [-0.39, 0.29) is 40.9 Å². The van der Waals surface area contributed by atoms with Crippen molar-refractivity contribution in [2.75, 3.05) is 0 Å². The maximum atomic E-state index is 10.4. The molecule has 60 valence electrons. The number of benzene rings is 1. The fourth-order valence-corrected chi connectivity index (χ4v) is 0.823. The van der Waals surface area contributed by atoms with Crippen LogP contribution in [-0.2, 0) is 0 Å². The molecule has 2 N–H and O–H groups in total. The van der Waals surface area contributed by atoms with Gasteiger partial charge < -0.3 is 10.2 Å². The molecular formula is C8H9NaO3. The second kappa shape index (κ2) is 4.50. The van der Waals surface area contributed by atoms with Gasteiger partial charge in [-0.25, -0.2) is 4.79 Å². The molecule has 0 bridgehead atoms. The van der Waals surface area contributed by atoms with Crippen molar-refractivity contribution in [3.63, 3.8) is 0 Å². The SMILES string of the molecule is Cc1ccc(C(=O)O)c(O)c1.[NaH]. The summed E-state index contributed by atoms with van der Waals surface area (Å²) in [5.74, 6) is -1.29. The van der Waals surface area contributed by atoms with E-state index in [1.165, 1.54) is 12.1 Å². The van der Waals surface area contributed by atoms with E-state index in [0.29, 0.717) is 0 Å². The van der Waals surface area contributed by atoms with Gasteiger partial charge in [0.15, 0.2) is 0 Å². The molecule has 1 aromatic carbocycles. The van der Waals surface area contributed by atoms with Gasteiger partial charge in [0.05, 0.1) is 0 Å². The van der Waals surface area contributed by atoms with Crippen LogP contribution < -0.4 is 0 Å². The molecule has 1 rings (SSSR count). The van der Waals surface area contributed by atoms with Gasteiger partial charge in [0.2, 0.25) is 0 Å². The van der Waals surface area contributed by atoms with Gasteiger partial charge in [-0.05, 0) is 24.6 Å². The number of carbonyl (C=O) groups is 1. The van der Waals surface area contributed by atoms with Gasteiger partial charge in [-0.15, -0.1) is 0 Å². The second-order valence-corrected chi connectivity index (χ2v) is 2.33. The fraction of sp³-hybridized carbons (Fsp3) is 0.125. The van der Waals surface area contributed by atoms with Crippen molar-refractivity contribution >= 4 is 35.5 Å². The minimum atomic E-state index is -1.11. The number of hydrogen-bond acceptors (Lipinski definition) is 2. The Labute approximate surface area is 92.3 Å². The number of phenols is 1. The van der Waals surface area contributed by atoms with Gasteiger partial charge in [-0.2, -0.15) is 0 Å². The Morgan fingerprint density at radius 1 is 1.42 bits per heavy atom. The molecule has 0 saturated carbocycles. The average Bonchev–Trinajstić information content (AvgIpc) is 1.85. The molecule has 0 unspecified atom stereocenters. The van der Waals surface area contributed by atoms with Crippen LogP contribution in [0.3, 0.4) is 0 Å². The first kappa shape index (κ1) is 11.5. The third-order valence-corrected chi connectivity index (χ3v) is 1.38. The van der Waals surface area contributed by atoms with E-state index in [1.807, 2.05) is 0 Å².